The van der Waals surface area contributed by atoms with Crippen molar-refractivity contribution in [1.29, 1.82) is 0 Å². The molecule has 0 radical (unpaired) electrons. The van der Waals surface area contributed by atoms with E-state index in [0.717, 1.165) is 4.90 Å². The molecule has 0 fully saturated rings. The van der Waals surface area contributed by atoms with Crippen LogP contribution >= 0.6 is 0 Å². The highest BCUT2D eigenvalue weighted by atomic mass is 16.6. The lowest BCUT2D eigenvalue weighted by Gasteiger charge is -2.20. The van der Waals surface area contributed by atoms with Crippen LogP contribution in [0.1, 0.15) is 41.5 Å². The summed E-state index contributed by atoms with van der Waals surface area (Å²) in [6, 6.07) is 6.31. The molecule has 1 aliphatic heterocycles. The Labute approximate surface area is 132 Å². The zero-order chi connectivity index (χ0) is 17.2. The van der Waals surface area contributed by atoms with Gasteiger partial charge in [0.2, 0.25) is 0 Å². The Hall–Kier alpha value is -2.90. The first-order valence-electron chi connectivity index (χ1n) is 6.92. The van der Waals surface area contributed by atoms with E-state index in [9.17, 15) is 19.2 Å². The van der Waals surface area contributed by atoms with Gasteiger partial charge in [0, 0.05) is 0 Å². The maximum atomic E-state index is 12.1. The summed E-state index contributed by atoms with van der Waals surface area (Å²) >= 11 is 0. The third-order valence-corrected chi connectivity index (χ3v) is 2.88. The molecule has 0 spiro atoms. The fourth-order valence-corrected chi connectivity index (χ4v) is 1.99. The second kappa shape index (κ2) is 6.07. The molecule has 0 unspecified atom stereocenters. The second-order valence-electron chi connectivity index (χ2n) is 5.92. The van der Waals surface area contributed by atoms with Gasteiger partial charge in [-0.2, -0.15) is 0 Å². The molecule has 0 saturated carbocycles. The number of fused-ring (bicyclic) bond motifs is 1. The highest BCUT2D eigenvalue weighted by Gasteiger charge is 2.36. The van der Waals surface area contributed by atoms with E-state index >= 15 is 0 Å². The van der Waals surface area contributed by atoms with Crippen LogP contribution in [0.4, 0.5) is 4.79 Å². The lowest BCUT2D eigenvalue weighted by Crippen LogP contribution is -2.48. The number of imide groups is 1. The van der Waals surface area contributed by atoms with Gasteiger partial charge in [-0.05, 0) is 32.9 Å². The smallest absolute Gasteiger partial charge is 0.426 e. The number of benzene rings is 1. The van der Waals surface area contributed by atoms with E-state index in [4.69, 9.17) is 4.74 Å². The fraction of sp³-hybridized carbons (Fsp3) is 0.333. The van der Waals surface area contributed by atoms with Crippen molar-refractivity contribution in [3.63, 3.8) is 0 Å². The molecular formula is C15H17N3O5. The minimum absolute atomic E-state index is 0.255. The predicted octanol–water partition coefficient (Wildman–Crippen LogP) is 0.838. The SMILES string of the molecule is CC(C)(C)OC(=O)NNC(=O)CN1C(=O)c2ccccc2C1=O. The van der Waals surface area contributed by atoms with Crippen LogP contribution < -0.4 is 10.9 Å². The first-order chi connectivity index (χ1) is 10.7. The van der Waals surface area contributed by atoms with Gasteiger partial charge in [-0.15, -0.1) is 0 Å². The van der Waals surface area contributed by atoms with E-state index < -0.39 is 36.0 Å². The molecule has 0 aliphatic carbocycles. The molecule has 1 aliphatic rings. The van der Waals surface area contributed by atoms with Gasteiger partial charge >= 0.3 is 6.09 Å². The number of ether oxygens (including phenoxy) is 1. The van der Waals surface area contributed by atoms with Gasteiger partial charge in [-0.25, -0.2) is 10.2 Å². The summed E-state index contributed by atoms with van der Waals surface area (Å²) in [4.78, 5) is 48.2. The number of carbonyl (C=O) groups is 4. The van der Waals surface area contributed by atoms with E-state index in [-0.39, 0.29) is 11.1 Å². The van der Waals surface area contributed by atoms with Gasteiger partial charge in [0.1, 0.15) is 12.1 Å². The van der Waals surface area contributed by atoms with Gasteiger partial charge in [0.15, 0.2) is 0 Å². The summed E-state index contributed by atoms with van der Waals surface area (Å²) in [6.07, 6.45) is -0.840. The Kier molecular flexibility index (Phi) is 4.35. The van der Waals surface area contributed by atoms with Crippen molar-refractivity contribution >= 4 is 23.8 Å². The van der Waals surface area contributed by atoms with Gasteiger partial charge in [-0.3, -0.25) is 24.7 Å². The van der Waals surface area contributed by atoms with E-state index in [1.165, 1.54) is 12.1 Å². The van der Waals surface area contributed by atoms with Crippen LogP contribution in [0.5, 0.6) is 0 Å². The number of hydrazine groups is 1. The number of nitrogens with one attached hydrogen (secondary N) is 2. The largest absolute Gasteiger partial charge is 0.443 e. The molecule has 1 aromatic rings. The van der Waals surface area contributed by atoms with Crippen molar-refractivity contribution in [2.75, 3.05) is 6.54 Å². The summed E-state index contributed by atoms with van der Waals surface area (Å²) in [7, 11) is 0. The lowest BCUT2D eigenvalue weighted by molar-refractivity contribution is -0.122. The number of nitrogens with zero attached hydrogens (tertiary/aromatic N) is 1. The van der Waals surface area contributed by atoms with Gasteiger partial charge in [-0.1, -0.05) is 12.1 Å². The van der Waals surface area contributed by atoms with Crippen molar-refractivity contribution in [3.8, 4) is 0 Å². The van der Waals surface area contributed by atoms with Crippen LogP contribution in [0.25, 0.3) is 0 Å². The topological polar surface area (TPSA) is 105 Å². The summed E-state index contributed by atoms with van der Waals surface area (Å²) in [5, 5.41) is 0. The number of rotatable bonds is 2. The van der Waals surface area contributed by atoms with Gasteiger partial charge < -0.3 is 4.74 Å². The molecule has 0 bridgehead atoms. The first-order valence-corrected chi connectivity index (χ1v) is 6.92. The van der Waals surface area contributed by atoms with E-state index in [0.29, 0.717) is 0 Å². The summed E-state index contributed by atoms with van der Waals surface area (Å²) in [6.45, 7) is 4.52. The summed E-state index contributed by atoms with van der Waals surface area (Å²) in [5.74, 6) is -1.80. The normalized spacial score (nSPS) is 13.6. The monoisotopic (exact) mass is 319 g/mol. The summed E-state index contributed by atoms with van der Waals surface area (Å²) < 4.78 is 4.94. The molecule has 1 heterocycles. The summed E-state index contributed by atoms with van der Waals surface area (Å²) in [5.41, 5.74) is 3.94. The van der Waals surface area contributed by atoms with Crippen molar-refractivity contribution < 1.29 is 23.9 Å². The van der Waals surface area contributed by atoms with Crippen LogP contribution in [0, 0.1) is 0 Å². The standard InChI is InChI=1S/C15H17N3O5/c1-15(2,3)23-14(22)17-16-11(19)8-18-12(20)9-6-4-5-7-10(9)13(18)21/h4-7H,8H2,1-3H3,(H,16,19)(H,17,22). The average molecular weight is 319 g/mol. The van der Waals surface area contributed by atoms with E-state index in [2.05, 4.69) is 10.9 Å². The van der Waals surface area contributed by atoms with Crippen molar-refractivity contribution in [1.82, 2.24) is 15.8 Å². The predicted molar refractivity (Wildman–Crippen MR) is 79.3 cm³/mol. The van der Waals surface area contributed by atoms with E-state index in [1.807, 2.05) is 0 Å². The van der Waals surface area contributed by atoms with Crippen LogP contribution in [0.2, 0.25) is 0 Å². The molecule has 2 N–H and O–H groups in total. The maximum Gasteiger partial charge on any atom is 0.426 e. The van der Waals surface area contributed by atoms with Crippen LogP contribution in [-0.4, -0.2) is 40.9 Å². The number of hydrogen-bond donors (Lipinski definition) is 2. The van der Waals surface area contributed by atoms with Crippen LogP contribution in [0.15, 0.2) is 24.3 Å². The molecule has 122 valence electrons. The Bertz CT molecular complexity index is 643. The Morgan fingerprint density at radius 3 is 2.04 bits per heavy atom. The van der Waals surface area contributed by atoms with Crippen molar-refractivity contribution in [2.45, 2.75) is 26.4 Å². The minimum atomic E-state index is -0.840. The molecule has 0 saturated heterocycles. The molecule has 0 atom stereocenters. The van der Waals surface area contributed by atoms with Crippen molar-refractivity contribution in [2.24, 2.45) is 0 Å². The molecule has 8 heteroatoms. The highest BCUT2D eigenvalue weighted by molar-refractivity contribution is 6.22. The van der Waals surface area contributed by atoms with Crippen molar-refractivity contribution in [3.05, 3.63) is 35.4 Å². The molecule has 23 heavy (non-hydrogen) atoms. The second-order valence-corrected chi connectivity index (χ2v) is 5.92. The molecule has 0 aromatic heterocycles. The molecule has 1 aromatic carbocycles. The average Bonchev–Trinajstić information content (AvgIpc) is 2.69. The Balaban J connectivity index is 1.91. The minimum Gasteiger partial charge on any atom is -0.443 e. The quantitative estimate of drug-likeness (QED) is 0.621. The maximum absolute atomic E-state index is 12.1. The number of carbonyl (C=O) groups excluding carboxylic acids is 4. The van der Waals surface area contributed by atoms with Gasteiger partial charge in [0.05, 0.1) is 11.1 Å². The molecular weight excluding hydrogens is 302 g/mol. The lowest BCUT2D eigenvalue weighted by atomic mass is 10.1. The molecule has 8 nitrogen and oxygen atoms in total. The number of hydrogen-bond acceptors (Lipinski definition) is 5. The zero-order valence-electron chi connectivity index (χ0n) is 13.0. The zero-order valence-corrected chi connectivity index (χ0v) is 13.0. The fourth-order valence-electron chi connectivity index (χ4n) is 1.99. The molecule has 4 amide bonds. The van der Waals surface area contributed by atoms with Gasteiger partial charge in [0.25, 0.3) is 17.7 Å². The Morgan fingerprint density at radius 2 is 1.57 bits per heavy atom. The first kappa shape index (κ1) is 16.5. The molecule has 2 rings (SSSR count). The van der Waals surface area contributed by atoms with Crippen LogP contribution in [0.3, 0.4) is 0 Å². The van der Waals surface area contributed by atoms with E-state index in [1.54, 1.807) is 32.9 Å². The number of amides is 4. The van der Waals surface area contributed by atoms with Crippen LogP contribution in [-0.2, 0) is 9.53 Å². The Morgan fingerprint density at radius 1 is 1.04 bits per heavy atom. The highest BCUT2D eigenvalue weighted by Crippen LogP contribution is 2.21. The third-order valence-electron chi connectivity index (χ3n) is 2.88. The third kappa shape index (κ3) is 3.85.